The number of ether oxygens (including phenoxy) is 1. The van der Waals surface area contributed by atoms with E-state index in [1.807, 2.05) is 29.2 Å². The number of likely N-dealkylation sites (tertiary alicyclic amines) is 1. The average Bonchev–Trinajstić information content (AvgIpc) is 2.99. The van der Waals surface area contributed by atoms with Crippen molar-refractivity contribution >= 4 is 5.91 Å². The molecule has 3 heteroatoms. The second kappa shape index (κ2) is 3.51. The zero-order valence-electron chi connectivity index (χ0n) is 9.35. The number of nitrogens with zero attached hydrogens (tertiary/aromatic N) is 1. The number of rotatable bonds is 3. The Hall–Kier alpha value is -1.51. The average molecular weight is 217 g/mol. The highest BCUT2D eigenvalue weighted by Crippen LogP contribution is 2.45. The van der Waals surface area contributed by atoms with Gasteiger partial charge in [-0.15, -0.1) is 0 Å². The fourth-order valence-corrected chi connectivity index (χ4v) is 2.49. The van der Waals surface area contributed by atoms with Crippen molar-refractivity contribution in [3.05, 3.63) is 29.8 Å². The largest absolute Gasteiger partial charge is 0.497 e. The van der Waals surface area contributed by atoms with E-state index < -0.39 is 0 Å². The minimum Gasteiger partial charge on any atom is -0.497 e. The molecule has 0 bridgehead atoms. The molecule has 1 saturated heterocycles. The Kier molecular flexibility index (Phi) is 2.13. The van der Waals surface area contributed by atoms with Gasteiger partial charge in [0, 0.05) is 19.0 Å². The molecule has 1 aliphatic heterocycles. The van der Waals surface area contributed by atoms with Crippen molar-refractivity contribution in [2.75, 3.05) is 7.11 Å². The molecule has 0 radical (unpaired) electrons. The first-order valence-corrected chi connectivity index (χ1v) is 5.70. The fraction of sp³-hybridized carbons (Fsp3) is 0.462. The third-order valence-corrected chi connectivity index (χ3v) is 3.55. The lowest BCUT2D eigenvalue weighted by Gasteiger charge is -2.18. The highest BCUT2D eigenvalue weighted by Gasteiger charge is 2.50. The lowest BCUT2D eigenvalue weighted by atomic mass is 10.2. The molecule has 1 aromatic carbocycles. The molecular weight excluding hydrogens is 202 g/mol. The molecule has 0 N–H and O–H groups in total. The monoisotopic (exact) mass is 217 g/mol. The number of hydrogen-bond donors (Lipinski definition) is 0. The molecule has 1 aromatic rings. The summed E-state index contributed by atoms with van der Waals surface area (Å²) in [5, 5.41) is 0. The Bertz CT molecular complexity index is 412. The summed E-state index contributed by atoms with van der Waals surface area (Å²) in [7, 11) is 1.66. The number of amides is 1. The van der Waals surface area contributed by atoms with E-state index in [4.69, 9.17) is 4.74 Å². The number of benzene rings is 1. The number of piperidine rings is 1. The smallest absolute Gasteiger partial charge is 0.223 e. The van der Waals surface area contributed by atoms with Crippen molar-refractivity contribution in [3.63, 3.8) is 0 Å². The Balaban J connectivity index is 1.71. The maximum atomic E-state index is 11.6. The van der Waals surface area contributed by atoms with E-state index in [-0.39, 0.29) is 0 Å². The molecule has 16 heavy (non-hydrogen) atoms. The molecule has 84 valence electrons. The zero-order valence-corrected chi connectivity index (χ0v) is 9.35. The predicted molar refractivity (Wildman–Crippen MR) is 60.1 cm³/mol. The quantitative estimate of drug-likeness (QED) is 0.773. The van der Waals surface area contributed by atoms with Gasteiger partial charge in [0.05, 0.1) is 7.11 Å². The first kappa shape index (κ1) is 9.70. The van der Waals surface area contributed by atoms with Gasteiger partial charge < -0.3 is 9.64 Å². The van der Waals surface area contributed by atoms with Crippen molar-refractivity contribution in [2.24, 2.45) is 5.92 Å². The van der Waals surface area contributed by atoms with Crippen LogP contribution in [0.25, 0.3) is 0 Å². The summed E-state index contributed by atoms with van der Waals surface area (Å²) in [5.74, 6) is 1.84. The van der Waals surface area contributed by atoms with Gasteiger partial charge in [-0.3, -0.25) is 4.79 Å². The van der Waals surface area contributed by atoms with Gasteiger partial charge in [-0.05, 0) is 30.0 Å². The highest BCUT2D eigenvalue weighted by atomic mass is 16.5. The van der Waals surface area contributed by atoms with Crippen molar-refractivity contribution < 1.29 is 9.53 Å². The molecule has 2 fully saturated rings. The summed E-state index contributed by atoms with van der Waals surface area (Å²) < 4.78 is 5.11. The molecule has 0 unspecified atom stereocenters. The molecule has 1 saturated carbocycles. The van der Waals surface area contributed by atoms with Crippen molar-refractivity contribution in [2.45, 2.75) is 25.4 Å². The molecule has 1 aliphatic carbocycles. The number of fused-ring (bicyclic) bond motifs is 1. The Labute approximate surface area is 95.0 Å². The number of methoxy groups -OCH3 is 1. The predicted octanol–water partition coefficient (Wildman–Crippen LogP) is 1.82. The Morgan fingerprint density at radius 1 is 1.38 bits per heavy atom. The van der Waals surface area contributed by atoms with Crippen molar-refractivity contribution in [1.82, 2.24) is 4.90 Å². The molecule has 2 atom stereocenters. The Morgan fingerprint density at radius 2 is 2.12 bits per heavy atom. The van der Waals surface area contributed by atoms with E-state index >= 15 is 0 Å². The van der Waals surface area contributed by atoms with Crippen LogP contribution in [0.2, 0.25) is 0 Å². The second-order valence-corrected chi connectivity index (χ2v) is 4.64. The number of hydrogen-bond acceptors (Lipinski definition) is 2. The van der Waals surface area contributed by atoms with Crippen LogP contribution in [0.4, 0.5) is 0 Å². The maximum absolute atomic E-state index is 11.6. The highest BCUT2D eigenvalue weighted by molar-refractivity contribution is 5.81. The summed E-state index contributed by atoms with van der Waals surface area (Å²) in [6.45, 7) is 0.754. The molecule has 3 rings (SSSR count). The fourth-order valence-electron chi connectivity index (χ4n) is 2.49. The van der Waals surface area contributed by atoms with Crippen LogP contribution in [0.15, 0.2) is 24.3 Å². The third kappa shape index (κ3) is 1.56. The van der Waals surface area contributed by atoms with Gasteiger partial charge in [-0.25, -0.2) is 0 Å². The van der Waals surface area contributed by atoms with E-state index in [0.717, 1.165) is 18.7 Å². The van der Waals surface area contributed by atoms with Crippen LogP contribution < -0.4 is 4.74 Å². The standard InChI is InChI=1S/C13H15NO2/c1-16-11-4-2-9(3-5-11)8-14-12-6-10(12)7-13(14)15/h2-5,10,12H,6-8H2,1H3/t10-,12-/m1/s1. The van der Waals surface area contributed by atoms with Gasteiger partial charge in [-0.2, -0.15) is 0 Å². The first-order chi connectivity index (χ1) is 7.78. The first-order valence-electron chi connectivity index (χ1n) is 5.70. The van der Waals surface area contributed by atoms with E-state index in [0.29, 0.717) is 17.9 Å². The van der Waals surface area contributed by atoms with Gasteiger partial charge in [0.25, 0.3) is 0 Å². The minimum atomic E-state index is 0.317. The van der Waals surface area contributed by atoms with Gasteiger partial charge >= 0.3 is 0 Å². The van der Waals surface area contributed by atoms with Crippen LogP contribution in [0.1, 0.15) is 18.4 Å². The maximum Gasteiger partial charge on any atom is 0.223 e. The SMILES string of the molecule is COc1ccc(CN2C(=O)C[C@H]3C[C@H]32)cc1. The summed E-state index contributed by atoms with van der Waals surface area (Å²) >= 11 is 0. The van der Waals surface area contributed by atoms with Crippen LogP contribution in [-0.2, 0) is 11.3 Å². The van der Waals surface area contributed by atoms with Crippen LogP contribution in [0.3, 0.4) is 0 Å². The topological polar surface area (TPSA) is 29.5 Å². The molecular formula is C13H15NO2. The van der Waals surface area contributed by atoms with Crippen molar-refractivity contribution in [3.8, 4) is 5.75 Å². The second-order valence-electron chi connectivity index (χ2n) is 4.64. The summed E-state index contributed by atoms with van der Waals surface area (Å²) in [5.41, 5.74) is 1.18. The van der Waals surface area contributed by atoms with Gasteiger partial charge in [-0.1, -0.05) is 12.1 Å². The van der Waals surface area contributed by atoms with Gasteiger partial charge in [0.2, 0.25) is 5.91 Å². The third-order valence-electron chi connectivity index (χ3n) is 3.55. The van der Waals surface area contributed by atoms with E-state index in [1.54, 1.807) is 7.11 Å². The van der Waals surface area contributed by atoms with Crippen LogP contribution >= 0.6 is 0 Å². The van der Waals surface area contributed by atoms with Crippen LogP contribution in [0.5, 0.6) is 5.75 Å². The molecule has 1 amide bonds. The van der Waals surface area contributed by atoms with E-state index in [1.165, 1.54) is 12.0 Å². The molecule has 1 heterocycles. The van der Waals surface area contributed by atoms with E-state index in [9.17, 15) is 4.79 Å². The number of carbonyl (C=O) groups excluding carboxylic acids is 1. The van der Waals surface area contributed by atoms with Gasteiger partial charge in [0.15, 0.2) is 0 Å². The Morgan fingerprint density at radius 3 is 2.69 bits per heavy atom. The molecule has 2 aliphatic rings. The van der Waals surface area contributed by atoms with Crippen LogP contribution in [-0.4, -0.2) is 24.0 Å². The minimum absolute atomic E-state index is 0.317. The van der Waals surface area contributed by atoms with Gasteiger partial charge in [0.1, 0.15) is 5.75 Å². The normalized spacial score (nSPS) is 26.8. The molecule has 0 spiro atoms. The molecule has 3 nitrogen and oxygen atoms in total. The zero-order chi connectivity index (χ0) is 11.1. The van der Waals surface area contributed by atoms with Crippen molar-refractivity contribution in [1.29, 1.82) is 0 Å². The number of carbonyl (C=O) groups is 1. The lowest BCUT2D eigenvalue weighted by molar-refractivity contribution is -0.129. The summed E-state index contributed by atoms with van der Waals surface area (Å²) in [6.07, 6.45) is 1.97. The summed E-state index contributed by atoms with van der Waals surface area (Å²) in [6, 6.07) is 8.49. The van der Waals surface area contributed by atoms with Crippen LogP contribution in [0, 0.1) is 5.92 Å². The van der Waals surface area contributed by atoms with E-state index in [2.05, 4.69) is 0 Å². The lowest BCUT2D eigenvalue weighted by Crippen LogP contribution is -2.27. The molecule has 0 aromatic heterocycles. The summed E-state index contributed by atoms with van der Waals surface area (Å²) in [4.78, 5) is 13.7.